The normalized spacial score (nSPS) is 10.2. The van der Waals surface area contributed by atoms with E-state index < -0.39 is 0 Å². The van der Waals surface area contributed by atoms with Crippen LogP contribution in [0.15, 0.2) is 29.0 Å². The van der Waals surface area contributed by atoms with Crippen LogP contribution >= 0.6 is 27.5 Å². The van der Waals surface area contributed by atoms with E-state index in [-0.39, 0.29) is 0 Å². The highest BCUT2D eigenvalue weighted by Crippen LogP contribution is 2.39. The molecule has 2 aromatic rings. The summed E-state index contributed by atoms with van der Waals surface area (Å²) in [6, 6.07) is 3.61. The highest BCUT2D eigenvalue weighted by Gasteiger charge is 2.14. The van der Waals surface area contributed by atoms with Crippen molar-refractivity contribution >= 4 is 27.5 Å². The second-order valence-electron chi connectivity index (χ2n) is 3.38. The molecule has 0 spiro atoms. The molecular formula is C12H10BrClN2O2. The highest BCUT2D eigenvalue weighted by atomic mass is 79.9. The van der Waals surface area contributed by atoms with Crippen molar-refractivity contribution in [2.24, 2.45) is 0 Å². The molecule has 1 aromatic heterocycles. The summed E-state index contributed by atoms with van der Waals surface area (Å²) in [7, 11) is 3.16. The van der Waals surface area contributed by atoms with Gasteiger partial charge < -0.3 is 9.47 Å². The SMILES string of the molecule is COc1cc(Br)c(-c2nccnc2Cl)cc1OC. The number of benzene rings is 1. The van der Waals surface area contributed by atoms with Gasteiger partial charge in [-0.15, -0.1) is 0 Å². The zero-order chi connectivity index (χ0) is 13.1. The van der Waals surface area contributed by atoms with Gasteiger partial charge in [0.05, 0.1) is 14.2 Å². The van der Waals surface area contributed by atoms with Gasteiger partial charge in [-0.25, -0.2) is 4.98 Å². The van der Waals surface area contributed by atoms with Crippen LogP contribution < -0.4 is 9.47 Å². The fourth-order valence-corrected chi connectivity index (χ4v) is 2.25. The van der Waals surface area contributed by atoms with Gasteiger partial charge in [-0.05, 0) is 28.1 Å². The van der Waals surface area contributed by atoms with Crippen molar-refractivity contribution in [3.63, 3.8) is 0 Å². The average molecular weight is 330 g/mol. The van der Waals surface area contributed by atoms with Gasteiger partial charge in [-0.3, -0.25) is 4.98 Å². The minimum atomic E-state index is 0.338. The third-order valence-electron chi connectivity index (χ3n) is 2.38. The average Bonchev–Trinajstić information content (AvgIpc) is 2.39. The Morgan fingerprint density at radius 3 is 2.28 bits per heavy atom. The summed E-state index contributed by atoms with van der Waals surface area (Å²) in [6.45, 7) is 0. The molecule has 1 heterocycles. The maximum atomic E-state index is 6.03. The third-order valence-corrected chi connectivity index (χ3v) is 3.31. The van der Waals surface area contributed by atoms with E-state index in [1.165, 1.54) is 0 Å². The standard InChI is InChI=1S/C12H10BrClN2O2/c1-17-9-5-7(8(13)6-10(9)18-2)11-12(14)16-4-3-15-11/h3-6H,1-2H3. The van der Waals surface area contributed by atoms with E-state index in [9.17, 15) is 0 Å². The zero-order valence-electron chi connectivity index (χ0n) is 9.78. The van der Waals surface area contributed by atoms with Crippen molar-refractivity contribution in [1.82, 2.24) is 9.97 Å². The predicted octanol–water partition coefficient (Wildman–Crippen LogP) is 3.58. The van der Waals surface area contributed by atoms with E-state index in [1.807, 2.05) is 0 Å². The second-order valence-corrected chi connectivity index (χ2v) is 4.60. The van der Waals surface area contributed by atoms with Gasteiger partial charge in [-0.2, -0.15) is 0 Å². The van der Waals surface area contributed by atoms with Crippen molar-refractivity contribution in [3.8, 4) is 22.8 Å². The molecule has 1 aromatic carbocycles. The summed E-state index contributed by atoms with van der Waals surface area (Å²) in [4.78, 5) is 8.22. The van der Waals surface area contributed by atoms with Crippen LogP contribution in [0.5, 0.6) is 11.5 Å². The molecular weight excluding hydrogens is 320 g/mol. The predicted molar refractivity (Wildman–Crippen MR) is 73.3 cm³/mol. The molecule has 0 fully saturated rings. The van der Waals surface area contributed by atoms with Crippen LogP contribution in [-0.2, 0) is 0 Å². The summed E-state index contributed by atoms with van der Waals surface area (Å²) in [5.41, 5.74) is 1.39. The molecule has 0 unspecified atom stereocenters. The van der Waals surface area contributed by atoms with Gasteiger partial charge >= 0.3 is 0 Å². The first-order chi connectivity index (χ1) is 8.67. The Balaban J connectivity index is 2.62. The lowest BCUT2D eigenvalue weighted by Gasteiger charge is -2.11. The van der Waals surface area contributed by atoms with E-state index in [4.69, 9.17) is 21.1 Å². The van der Waals surface area contributed by atoms with Crippen LogP contribution in [0, 0.1) is 0 Å². The van der Waals surface area contributed by atoms with Gasteiger partial charge in [0.25, 0.3) is 0 Å². The maximum Gasteiger partial charge on any atom is 0.161 e. The molecule has 0 aliphatic rings. The van der Waals surface area contributed by atoms with E-state index >= 15 is 0 Å². The van der Waals surface area contributed by atoms with Gasteiger partial charge in [0.15, 0.2) is 16.7 Å². The number of hydrogen-bond donors (Lipinski definition) is 0. The number of hydrogen-bond acceptors (Lipinski definition) is 4. The van der Waals surface area contributed by atoms with Gasteiger partial charge in [0.1, 0.15) is 5.69 Å². The Morgan fingerprint density at radius 1 is 1.06 bits per heavy atom. The Hall–Kier alpha value is -1.33. The van der Waals surface area contributed by atoms with Crippen LogP contribution in [0.3, 0.4) is 0 Å². The molecule has 0 saturated carbocycles. The first kappa shape index (κ1) is 13.1. The topological polar surface area (TPSA) is 44.2 Å². The van der Waals surface area contributed by atoms with Gasteiger partial charge in [-0.1, -0.05) is 11.6 Å². The first-order valence-electron chi connectivity index (χ1n) is 5.05. The number of rotatable bonds is 3. The molecule has 0 aliphatic carbocycles. The summed E-state index contributed by atoms with van der Waals surface area (Å²) in [6.07, 6.45) is 3.13. The Labute approximate surface area is 118 Å². The Morgan fingerprint density at radius 2 is 1.67 bits per heavy atom. The molecule has 0 radical (unpaired) electrons. The summed E-state index contributed by atoms with van der Waals surface area (Å²) < 4.78 is 11.3. The largest absolute Gasteiger partial charge is 0.493 e. The number of ether oxygens (including phenoxy) is 2. The Kier molecular flexibility index (Phi) is 4.04. The van der Waals surface area contributed by atoms with Crippen molar-refractivity contribution in [2.75, 3.05) is 14.2 Å². The smallest absolute Gasteiger partial charge is 0.161 e. The minimum absolute atomic E-state index is 0.338. The fraction of sp³-hybridized carbons (Fsp3) is 0.167. The molecule has 2 rings (SSSR count). The molecule has 0 bridgehead atoms. The molecule has 0 atom stereocenters. The highest BCUT2D eigenvalue weighted by molar-refractivity contribution is 9.10. The second kappa shape index (κ2) is 5.54. The lowest BCUT2D eigenvalue weighted by Crippen LogP contribution is -1.94. The van der Waals surface area contributed by atoms with E-state index in [2.05, 4.69) is 25.9 Å². The number of methoxy groups -OCH3 is 2. The number of aromatic nitrogens is 2. The fourth-order valence-electron chi connectivity index (χ4n) is 1.54. The van der Waals surface area contributed by atoms with Crippen LogP contribution in [0.25, 0.3) is 11.3 Å². The van der Waals surface area contributed by atoms with E-state index in [0.29, 0.717) is 22.3 Å². The van der Waals surface area contributed by atoms with E-state index in [1.54, 1.807) is 38.7 Å². The van der Waals surface area contributed by atoms with Crippen molar-refractivity contribution in [3.05, 3.63) is 34.2 Å². The molecule has 0 aliphatic heterocycles. The molecule has 0 amide bonds. The van der Waals surface area contributed by atoms with Crippen LogP contribution in [-0.4, -0.2) is 24.2 Å². The first-order valence-corrected chi connectivity index (χ1v) is 6.23. The van der Waals surface area contributed by atoms with Gasteiger partial charge in [0.2, 0.25) is 0 Å². The third kappa shape index (κ3) is 2.42. The molecule has 4 nitrogen and oxygen atoms in total. The molecule has 0 N–H and O–H groups in total. The molecule has 18 heavy (non-hydrogen) atoms. The molecule has 6 heteroatoms. The number of halogens is 2. The maximum absolute atomic E-state index is 6.03. The van der Waals surface area contributed by atoms with Crippen LogP contribution in [0.2, 0.25) is 5.15 Å². The van der Waals surface area contributed by atoms with Crippen LogP contribution in [0.1, 0.15) is 0 Å². The molecule has 0 saturated heterocycles. The summed E-state index contributed by atoms with van der Waals surface area (Å²) >= 11 is 9.49. The quantitative estimate of drug-likeness (QED) is 0.863. The van der Waals surface area contributed by atoms with E-state index in [0.717, 1.165) is 10.0 Å². The van der Waals surface area contributed by atoms with Crippen LogP contribution in [0.4, 0.5) is 0 Å². The zero-order valence-corrected chi connectivity index (χ0v) is 12.1. The number of nitrogens with zero attached hydrogens (tertiary/aromatic N) is 2. The lowest BCUT2D eigenvalue weighted by atomic mass is 10.1. The minimum Gasteiger partial charge on any atom is -0.493 e. The molecule has 94 valence electrons. The summed E-state index contributed by atoms with van der Waals surface area (Å²) in [5.74, 6) is 1.24. The summed E-state index contributed by atoms with van der Waals surface area (Å²) in [5, 5.41) is 0.338. The van der Waals surface area contributed by atoms with Crippen molar-refractivity contribution in [1.29, 1.82) is 0 Å². The van der Waals surface area contributed by atoms with Gasteiger partial charge in [0, 0.05) is 22.4 Å². The van der Waals surface area contributed by atoms with Crippen molar-refractivity contribution in [2.45, 2.75) is 0 Å². The lowest BCUT2D eigenvalue weighted by molar-refractivity contribution is 0.355. The monoisotopic (exact) mass is 328 g/mol. The Bertz CT molecular complexity index is 578. The van der Waals surface area contributed by atoms with Crippen molar-refractivity contribution < 1.29 is 9.47 Å².